The van der Waals surface area contributed by atoms with Crippen LogP contribution in [0.25, 0.3) is 0 Å². The Hall–Kier alpha value is -6.55. The van der Waals surface area contributed by atoms with Gasteiger partial charge in [0.15, 0.2) is 30.1 Å². The minimum atomic E-state index is -1.72. The third kappa shape index (κ3) is 22.3. The summed E-state index contributed by atoms with van der Waals surface area (Å²) in [6.07, 6.45) is -11.5. The Labute approximate surface area is 416 Å². The molecule has 27 nitrogen and oxygen atoms in total. The Morgan fingerprint density at radius 3 is 1.54 bits per heavy atom. The molecule has 6 unspecified atom stereocenters. The Balaban J connectivity index is 1.74. The van der Waals surface area contributed by atoms with Crippen LogP contribution in [-0.4, -0.2) is 157 Å². The molecule has 2 fully saturated rings. The van der Waals surface area contributed by atoms with Crippen molar-refractivity contribution in [1.29, 1.82) is 0 Å². The van der Waals surface area contributed by atoms with E-state index in [9.17, 15) is 38.4 Å². The lowest BCUT2D eigenvalue weighted by Gasteiger charge is -2.34. The number of aliphatic imine (C=N–C) groups is 2. The smallest absolute Gasteiger partial charge is 0.414 e. The van der Waals surface area contributed by atoms with Gasteiger partial charge < -0.3 is 52.7 Å². The first-order valence-electron chi connectivity index (χ1n) is 22.8. The van der Waals surface area contributed by atoms with Gasteiger partial charge in [0.05, 0.1) is 32.0 Å². The summed E-state index contributed by atoms with van der Waals surface area (Å²) < 4.78 is 69.8. The Bertz CT molecular complexity index is 2030. The lowest BCUT2D eigenvalue weighted by Crippen LogP contribution is -2.58. The topological polar surface area (TPSA) is 329 Å². The minimum Gasteiger partial charge on any atom is -0.462 e. The minimum absolute atomic E-state index is 0.381. The van der Waals surface area contributed by atoms with E-state index in [-0.39, 0.29) is 6.54 Å². The van der Waals surface area contributed by atoms with Crippen LogP contribution in [0.2, 0.25) is 0 Å². The molecular formula is C44H70FN9O18. The predicted octanol–water partition coefficient (Wildman–Crippen LogP) is 4.19. The molecule has 28 heteroatoms. The number of ether oxygens (including phenoxy) is 10. The molecule has 6 N–H and O–H groups in total. The first kappa shape index (κ1) is 59.8. The van der Waals surface area contributed by atoms with E-state index < -0.39 is 164 Å². The Morgan fingerprint density at radius 2 is 1.10 bits per heavy atom. The number of nitrogens with one attached hydrogen (secondary N) is 6. The molecule has 0 aromatic rings. The quantitative estimate of drug-likeness (QED) is 0.0652. The lowest BCUT2D eigenvalue weighted by molar-refractivity contribution is -0.196. The fraction of sp³-hybridized carbons (Fsp3) is 0.727. The number of fused-ring (bicyclic) bond motifs is 1. The van der Waals surface area contributed by atoms with Crippen molar-refractivity contribution in [2.45, 2.75) is 182 Å². The van der Waals surface area contributed by atoms with E-state index in [4.69, 9.17) is 47.4 Å². The zero-order chi connectivity index (χ0) is 54.6. The average Bonchev–Trinajstić information content (AvgIpc) is 3.65. The Morgan fingerprint density at radius 1 is 0.681 bits per heavy atom. The molecule has 406 valence electrons. The van der Waals surface area contributed by atoms with Gasteiger partial charge in [0, 0.05) is 6.20 Å². The van der Waals surface area contributed by atoms with Gasteiger partial charge in [-0.2, -0.15) is 0 Å². The second-order valence-corrected chi connectivity index (χ2v) is 20.6. The van der Waals surface area contributed by atoms with Crippen molar-refractivity contribution in [3.63, 3.8) is 0 Å². The van der Waals surface area contributed by atoms with Crippen LogP contribution < -0.4 is 31.9 Å². The van der Waals surface area contributed by atoms with Gasteiger partial charge in [-0.05, 0) is 104 Å². The number of hydrogen-bond donors (Lipinski definition) is 6. The normalized spacial score (nSPS) is 20.9. The van der Waals surface area contributed by atoms with E-state index in [0.717, 1.165) is 11.1 Å². The molecular weight excluding hydrogens is 962 g/mol. The molecule has 2 saturated heterocycles. The number of urea groups is 1. The zero-order valence-electron chi connectivity index (χ0n) is 43.4. The molecule has 0 radical (unpaired) electrons. The summed E-state index contributed by atoms with van der Waals surface area (Å²) in [5, 5.41) is 13.5. The van der Waals surface area contributed by atoms with Crippen LogP contribution in [-0.2, 0) is 57.0 Å². The maximum absolute atomic E-state index is 15.5. The molecule has 0 bridgehead atoms. The molecule has 0 saturated carbocycles. The van der Waals surface area contributed by atoms with E-state index in [2.05, 4.69) is 41.9 Å². The van der Waals surface area contributed by atoms with Crippen molar-refractivity contribution in [2.24, 2.45) is 9.98 Å². The third-order valence-corrected chi connectivity index (χ3v) is 8.62. The molecule has 3 aliphatic heterocycles. The maximum Gasteiger partial charge on any atom is 0.414 e. The van der Waals surface area contributed by atoms with Gasteiger partial charge in [-0.15, -0.1) is 0 Å². The summed E-state index contributed by atoms with van der Waals surface area (Å²) in [6.45, 7) is 22.0. The fourth-order valence-corrected chi connectivity index (χ4v) is 6.11. The van der Waals surface area contributed by atoms with Gasteiger partial charge in [0.2, 0.25) is 11.9 Å². The number of halogens is 1. The van der Waals surface area contributed by atoms with Crippen molar-refractivity contribution in [3.05, 3.63) is 12.0 Å². The highest BCUT2D eigenvalue weighted by Gasteiger charge is 2.56. The number of amides is 7. The fourth-order valence-electron chi connectivity index (χ4n) is 6.11. The molecule has 6 atom stereocenters. The van der Waals surface area contributed by atoms with E-state index in [1.54, 1.807) is 104 Å². The molecule has 3 rings (SSSR count). The van der Waals surface area contributed by atoms with Crippen LogP contribution in [0, 0.1) is 0 Å². The molecule has 0 aliphatic carbocycles. The van der Waals surface area contributed by atoms with Crippen LogP contribution in [0.4, 0.5) is 33.2 Å². The number of carbonyl (C=O) groups is 8. The van der Waals surface area contributed by atoms with Gasteiger partial charge in [-0.25, -0.2) is 33.2 Å². The van der Waals surface area contributed by atoms with Crippen LogP contribution in [0.5, 0.6) is 0 Å². The first-order valence-corrected chi connectivity index (χ1v) is 22.8. The van der Waals surface area contributed by atoms with Crippen LogP contribution in [0.15, 0.2) is 22.0 Å². The van der Waals surface area contributed by atoms with Crippen molar-refractivity contribution >= 4 is 60.4 Å². The number of esters is 2. The lowest BCUT2D eigenvalue weighted by atomic mass is 10.1. The van der Waals surface area contributed by atoms with Gasteiger partial charge in [-0.3, -0.25) is 51.1 Å². The third-order valence-electron chi connectivity index (χ3n) is 8.62. The van der Waals surface area contributed by atoms with Gasteiger partial charge in [0.1, 0.15) is 47.8 Å². The number of hydrogen-bond acceptors (Lipinski definition) is 20. The summed E-state index contributed by atoms with van der Waals surface area (Å²) >= 11 is 0. The van der Waals surface area contributed by atoms with Crippen LogP contribution in [0.3, 0.4) is 0 Å². The maximum atomic E-state index is 15.5. The van der Waals surface area contributed by atoms with Gasteiger partial charge in [0.25, 0.3) is 0 Å². The monoisotopic (exact) mass is 1030 g/mol. The number of guanidine groups is 2. The molecule has 3 aliphatic rings. The van der Waals surface area contributed by atoms with E-state index in [1.807, 2.05) is 0 Å². The molecule has 3 heterocycles. The summed E-state index contributed by atoms with van der Waals surface area (Å²) in [5.74, 6) is -4.83. The van der Waals surface area contributed by atoms with Crippen LogP contribution >= 0.6 is 0 Å². The van der Waals surface area contributed by atoms with Crippen molar-refractivity contribution in [2.75, 3.05) is 26.3 Å². The standard InChI is InChI=1S/C44H70FN9O18/c1-23-28-29(68-44(14,15)67-28)31(65-23)54-20-25(45)30(48-34(54)57)49-35(58)64-22-24(66-27(56)17-19-47-33(52-38(61)71-42(8,9)10)53-39(62)72-43(11,12)13)21-63-26(55)16-18-46-32(50-36(59)69-40(2,3)4)51-37(60)70-41(5,6)7/h20,23-24,28-31H,16-19,21-22H2,1-15H3,(H,48,57)(H,49,58)(H2,46,50,51,59,60)(H2,47,52,53,61,62). The zero-order valence-corrected chi connectivity index (χ0v) is 43.4. The summed E-state index contributed by atoms with van der Waals surface area (Å²) in [4.78, 5) is 111. The number of carbonyl (C=O) groups excluding carboxylic acids is 8. The highest BCUT2D eigenvalue weighted by Crippen LogP contribution is 2.40. The largest absolute Gasteiger partial charge is 0.462 e. The SMILES string of the molecule is CC1OC(N2C=C(F)C(NC(=O)OCC(COC(=O)CCN=C(NC(=O)OC(C)(C)C)NC(=O)OC(C)(C)C)OC(=O)CCN=C(NC(=O)OC(C)(C)C)NC(=O)OC(C)(C)C)NC2=O)C2OC(C)(C)OC12. The van der Waals surface area contributed by atoms with E-state index >= 15 is 4.39 Å². The summed E-state index contributed by atoms with van der Waals surface area (Å²) in [7, 11) is 0. The summed E-state index contributed by atoms with van der Waals surface area (Å²) in [5.41, 5.74) is -3.70. The Kier molecular flexibility index (Phi) is 20.5. The highest BCUT2D eigenvalue weighted by atomic mass is 19.1. The van der Waals surface area contributed by atoms with E-state index in [0.29, 0.717) is 0 Å². The molecule has 72 heavy (non-hydrogen) atoms. The summed E-state index contributed by atoms with van der Waals surface area (Å²) in [6, 6.07) is -0.863. The van der Waals surface area contributed by atoms with Crippen molar-refractivity contribution < 1.29 is 90.1 Å². The second kappa shape index (κ2) is 24.7. The second-order valence-electron chi connectivity index (χ2n) is 20.6. The van der Waals surface area contributed by atoms with Gasteiger partial charge >= 0.3 is 48.4 Å². The van der Waals surface area contributed by atoms with Crippen LogP contribution in [0.1, 0.15) is 117 Å². The molecule has 0 spiro atoms. The highest BCUT2D eigenvalue weighted by molar-refractivity contribution is 6.02. The van der Waals surface area contributed by atoms with E-state index in [1.165, 1.54) is 0 Å². The average molecular weight is 1030 g/mol. The molecule has 7 amide bonds. The van der Waals surface area contributed by atoms with Crippen molar-refractivity contribution in [3.8, 4) is 0 Å². The van der Waals surface area contributed by atoms with Gasteiger partial charge in [-0.1, -0.05) is 0 Å². The first-order chi connectivity index (χ1) is 33.0. The molecule has 0 aromatic heterocycles. The molecule has 0 aromatic carbocycles. The number of rotatable bonds is 13. The number of nitrogens with zero attached hydrogens (tertiary/aromatic N) is 3. The van der Waals surface area contributed by atoms with Crippen molar-refractivity contribution in [1.82, 2.24) is 36.8 Å². The number of alkyl carbamates (subject to hydrolysis) is 5. The predicted molar refractivity (Wildman–Crippen MR) is 248 cm³/mol.